The molecule has 0 bridgehead atoms. The molecule has 0 radical (unpaired) electrons. The second-order valence-corrected chi connectivity index (χ2v) is 8.64. The Morgan fingerprint density at radius 2 is 1.81 bits per heavy atom. The van der Waals surface area contributed by atoms with Crippen molar-refractivity contribution in [1.82, 2.24) is 10.3 Å². The molecule has 0 fully saturated rings. The summed E-state index contributed by atoms with van der Waals surface area (Å²) in [5.41, 5.74) is 3.20. The van der Waals surface area contributed by atoms with Gasteiger partial charge in [0.25, 0.3) is 15.9 Å². The number of sulfonamides is 1. The van der Waals surface area contributed by atoms with Gasteiger partial charge < -0.3 is 5.32 Å². The van der Waals surface area contributed by atoms with E-state index in [9.17, 15) is 13.2 Å². The Balaban J connectivity index is 1.74. The van der Waals surface area contributed by atoms with Gasteiger partial charge in [0.1, 0.15) is 9.77 Å². The molecule has 2 N–H and O–H groups in total. The second kappa shape index (κ2) is 7.89. The van der Waals surface area contributed by atoms with Gasteiger partial charge in [-0.2, -0.15) is 0 Å². The number of nitrogens with one attached hydrogen (secondary N) is 2. The fourth-order valence-corrected chi connectivity index (χ4v) is 4.78. The predicted octanol–water partition coefficient (Wildman–Crippen LogP) is 3.49. The SMILES string of the molecule is Cc1ccc(NS(=O)(=O)c2ccsc2C(=O)NCc2ccc(C)nc2)cc1. The highest BCUT2D eigenvalue weighted by Gasteiger charge is 2.24. The second-order valence-electron chi connectivity index (χ2n) is 6.08. The molecule has 0 saturated carbocycles. The number of thiophene rings is 1. The van der Waals surface area contributed by atoms with Gasteiger partial charge in [0.2, 0.25) is 0 Å². The van der Waals surface area contributed by atoms with Crippen LogP contribution >= 0.6 is 11.3 Å². The number of aromatic nitrogens is 1. The Morgan fingerprint density at radius 3 is 2.48 bits per heavy atom. The summed E-state index contributed by atoms with van der Waals surface area (Å²) >= 11 is 1.09. The first-order valence-corrected chi connectivity index (χ1v) is 10.6. The third kappa shape index (κ3) is 4.72. The van der Waals surface area contributed by atoms with Gasteiger partial charge in [-0.25, -0.2) is 8.42 Å². The molecule has 140 valence electrons. The maximum atomic E-state index is 12.7. The molecule has 0 aliphatic carbocycles. The number of pyridine rings is 1. The molecule has 3 rings (SSSR count). The van der Waals surface area contributed by atoms with Crippen molar-refractivity contribution in [1.29, 1.82) is 0 Å². The quantitative estimate of drug-likeness (QED) is 0.662. The molecule has 2 heterocycles. The molecule has 27 heavy (non-hydrogen) atoms. The number of hydrogen-bond acceptors (Lipinski definition) is 5. The van der Waals surface area contributed by atoms with Gasteiger partial charge in [-0.1, -0.05) is 23.8 Å². The minimum absolute atomic E-state index is 0.0346. The van der Waals surface area contributed by atoms with Crippen LogP contribution in [0.4, 0.5) is 5.69 Å². The fourth-order valence-electron chi connectivity index (χ4n) is 2.37. The van der Waals surface area contributed by atoms with Gasteiger partial charge in [0, 0.05) is 24.1 Å². The first-order chi connectivity index (χ1) is 12.8. The first kappa shape index (κ1) is 19.1. The zero-order chi connectivity index (χ0) is 19.4. The molecule has 0 unspecified atom stereocenters. The molecule has 0 saturated heterocycles. The lowest BCUT2D eigenvalue weighted by Gasteiger charge is -2.10. The zero-order valence-corrected chi connectivity index (χ0v) is 16.5. The van der Waals surface area contributed by atoms with E-state index < -0.39 is 15.9 Å². The molecule has 0 atom stereocenters. The van der Waals surface area contributed by atoms with Gasteiger partial charge in [0.05, 0.1) is 0 Å². The Hall–Kier alpha value is -2.71. The Bertz CT molecular complexity index is 1040. The van der Waals surface area contributed by atoms with Crippen molar-refractivity contribution >= 4 is 33.0 Å². The monoisotopic (exact) mass is 401 g/mol. The van der Waals surface area contributed by atoms with Crippen LogP contribution in [-0.2, 0) is 16.6 Å². The van der Waals surface area contributed by atoms with Crippen molar-refractivity contribution in [2.75, 3.05) is 4.72 Å². The number of carbonyl (C=O) groups is 1. The molecule has 1 aromatic carbocycles. The van der Waals surface area contributed by atoms with Crippen molar-refractivity contribution < 1.29 is 13.2 Å². The highest BCUT2D eigenvalue weighted by Crippen LogP contribution is 2.24. The maximum absolute atomic E-state index is 12.7. The summed E-state index contributed by atoms with van der Waals surface area (Å²) in [7, 11) is -3.86. The van der Waals surface area contributed by atoms with Gasteiger partial charge in [-0.15, -0.1) is 11.3 Å². The van der Waals surface area contributed by atoms with Crippen molar-refractivity contribution in [2.24, 2.45) is 0 Å². The molecular weight excluding hydrogens is 382 g/mol. The van der Waals surface area contributed by atoms with Crippen LogP contribution < -0.4 is 10.0 Å². The number of aryl methyl sites for hydroxylation is 2. The largest absolute Gasteiger partial charge is 0.347 e. The summed E-state index contributed by atoms with van der Waals surface area (Å²) in [4.78, 5) is 16.8. The molecular formula is C19H19N3O3S2. The fraction of sp³-hybridized carbons (Fsp3) is 0.158. The average molecular weight is 402 g/mol. The van der Waals surface area contributed by atoms with Gasteiger partial charge in [0.15, 0.2) is 0 Å². The third-order valence-corrected chi connectivity index (χ3v) is 6.32. The smallest absolute Gasteiger partial charge is 0.263 e. The molecule has 0 aliphatic heterocycles. The Morgan fingerprint density at radius 1 is 1.07 bits per heavy atom. The highest BCUT2D eigenvalue weighted by molar-refractivity contribution is 7.93. The minimum Gasteiger partial charge on any atom is -0.347 e. The molecule has 6 nitrogen and oxygen atoms in total. The Kier molecular flexibility index (Phi) is 5.57. The maximum Gasteiger partial charge on any atom is 0.263 e. The summed E-state index contributed by atoms with van der Waals surface area (Å²) in [6.45, 7) is 4.07. The lowest BCUT2D eigenvalue weighted by molar-refractivity contribution is 0.0952. The average Bonchev–Trinajstić information content (AvgIpc) is 3.14. The van der Waals surface area contributed by atoms with E-state index >= 15 is 0 Å². The molecule has 0 spiro atoms. The minimum atomic E-state index is -3.86. The number of nitrogens with zero attached hydrogens (tertiary/aromatic N) is 1. The van der Waals surface area contributed by atoms with Crippen LogP contribution in [-0.4, -0.2) is 19.3 Å². The summed E-state index contributed by atoms with van der Waals surface area (Å²) < 4.78 is 27.9. The highest BCUT2D eigenvalue weighted by atomic mass is 32.2. The number of rotatable bonds is 6. The number of hydrogen-bond donors (Lipinski definition) is 2. The van der Waals surface area contributed by atoms with Crippen molar-refractivity contribution in [3.05, 3.63) is 75.7 Å². The number of amides is 1. The van der Waals surface area contributed by atoms with E-state index in [0.717, 1.165) is 28.2 Å². The molecule has 8 heteroatoms. The van der Waals surface area contributed by atoms with Crippen molar-refractivity contribution in [2.45, 2.75) is 25.3 Å². The zero-order valence-electron chi connectivity index (χ0n) is 14.9. The van der Waals surface area contributed by atoms with E-state index in [0.29, 0.717) is 5.69 Å². The van der Waals surface area contributed by atoms with Crippen LogP contribution in [0.3, 0.4) is 0 Å². The topological polar surface area (TPSA) is 88.2 Å². The van der Waals surface area contributed by atoms with E-state index in [1.54, 1.807) is 23.7 Å². The number of benzene rings is 1. The van der Waals surface area contributed by atoms with E-state index in [1.807, 2.05) is 38.1 Å². The van der Waals surface area contributed by atoms with Crippen LogP contribution in [0.1, 0.15) is 26.5 Å². The number of anilines is 1. The van der Waals surface area contributed by atoms with Gasteiger partial charge in [-0.05, 0) is 49.1 Å². The van der Waals surface area contributed by atoms with Gasteiger partial charge >= 0.3 is 0 Å². The summed E-state index contributed by atoms with van der Waals surface area (Å²) in [5, 5.41) is 4.33. The standard InChI is InChI=1S/C19H19N3O3S2/c1-13-3-7-16(8-4-13)22-27(24,25)17-9-10-26-18(17)19(23)21-12-15-6-5-14(2)20-11-15/h3-11,22H,12H2,1-2H3,(H,21,23). The molecule has 1 amide bonds. The third-order valence-electron chi connectivity index (χ3n) is 3.85. The lowest BCUT2D eigenvalue weighted by Crippen LogP contribution is -2.24. The normalized spacial score (nSPS) is 11.2. The Labute approximate surface area is 162 Å². The molecule has 2 aromatic heterocycles. The summed E-state index contributed by atoms with van der Waals surface area (Å²) in [6.07, 6.45) is 1.68. The summed E-state index contributed by atoms with van der Waals surface area (Å²) in [5.74, 6) is -0.435. The van der Waals surface area contributed by atoms with Crippen LogP contribution in [0.15, 0.2) is 58.9 Å². The molecule has 0 aliphatic rings. The first-order valence-electron chi connectivity index (χ1n) is 8.22. The van der Waals surface area contributed by atoms with E-state index in [-0.39, 0.29) is 16.3 Å². The predicted molar refractivity (Wildman–Crippen MR) is 106 cm³/mol. The van der Waals surface area contributed by atoms with Crippen molar-refractivity contribution in [3.8, 4) is 0 Å². The van der Waals surface area contributed by atoms with Crippen LogP contribution in [0.2, 0.25) is 0 Å². The van der Waals surface area contributed by atoms with Crippen LogP contribution in [0.5, 0.6) is 0 Å². The van der Waals surface area contributed by atoms with E-state index in [1.165, 1.54) is 6.07 Å². The summed E-state index contributed by atoms with van der Waals surface area (Å²) in [6, 6.07) is 12.2. The van der Waals surface area contributed by atoms with E-state index in [4.69, 9.17) is 0 Å². The molecule has 3 aromatic rings. The van der Waals surface area contributed by atoms with Crippen LogP contribution in [0, 0.1) is 13.8 Å². The van der Waals surface area contributed by atoms with Gasteiger partial charge in [-0.3, -0.25) is 14.5 Å². The van der Waals surface area contributed by atoms with Crippen molar-refractivity contribution in [3.63, 3.8) is 0 Å². The van der Waals surface area contributed by atoms with Crippen LogP contribution in [0.25, 0.3) is 0 Å². The number of carbonyl (C=O) groups excluding carboxylic acids is 1. The lowest BCUT2D eigenvalue weighted by atomic mass is 10.2. The van der Waals surface area contributed by atoms with E-state index in [2.05, 4.69) is 15.0 Å².